The van der Waals surface area contributed by atoms with Crippen molar-refractivity contribution in [3.05, 3.63) is 57.9 Å². The zero-order valence-corrected chi connectivity index (χ0v) is 11.3. The quantitative estimate of drug-likeness (QED) is 0.686. The van der Waals surface area contributed by atoms with Gasteiger partial charge in [0.05, 0.1) is 4.92 Å². The molecule has 102 valence electrons. The maximum absolute atomic E-state index is 10.9. The van der Waals surface area contributed by atoms with E-state index in [0.717, 1.165) is 0 Å². The summed E-state index contributed by atoms with van der Waals surface area (Å²) in [5.74, 6) is -1.11. The highest BCUT2D eigenvalue weighted by Crippen LogP contribution is 2.34. The van der Waals surface area contributed by atoms with E-state index < -0.39 is 10.9 Å². The monoisotopic (exact) mass is 290 g/mol. The van der Waals surface area contributed by atoms with Gasteiger partial charge in [0.2, 0.25) is 0 Å². The van der Waals surface area contributed by atoms with E-state index in [1.807, 2.05) is 0 Å². The molecule has 0 unspecified atom stereocenters. The van der Waals surface area contributed by atoms with Gasteiger partial charge in [0, 0.05) is 27.6 Å². The number of carboxylic acid groups (broad SMARTS) is 1. The first-order chi connectivity index (χ1) is 9.49. The maximum atomic E-state index is 10.9. The van der Waals surface area contributed by atoms with Crippen molar-refractivity contribution >= 4 is 23.4 Å². The molecule has 0 aliphatic heterocycles. The van der Waals surface area contributed by atoms with Crippen LogP contribution in [0.15, 0.2) is 46.3 Å². The largest absolute Gasteiger partial charge is 0.477 e. The summed E-state index contributed by atoms with van der Waals surface area (Å²) in [6.45, 7) is 1.67. The van der Waals surface area contributed by atoms with Gasteiger partial charge in [-0.2, -0.15) is 0 Å². The summed E-state index contributed by atoms with van der Waals surface area (Å²) in [5, 5.41) is 19.8. The molecule has 0 saturated carbocycles. The molecule has 0 radical (unpaired) electrons. The number of carbonyl (C=O) groups is 1. The lowest BCUT2D eigenvalue weighted by molar-refractivity contribution is -0.385. The molecular weight excluding hydrogens is 280 g/mol. The maximum Gasteiger partial charge on any atom is 0.354 e. The highest BCUT2D eigenvalue weighted by Gasteiger charge is 2.14. The second-order valence-electron chi connectivity index (χ2n) is 3.94. The van der Waals surface area contributed by atoms with Crippen LogP contribution in [0.25, 0.3) is 0 Å². The standard InChI is InChI=1S/C13H10N2O4S/c1-8-11(15(18)19)3-2-4-12(8)20-9-5-6-14-10(7-9)13(16)17/h2-7H,1H3,(H,16,17). The summed E-state index contributed by atoms with van der Waals surface area (Å²) in [6, 6.07) is 7.90. The van der Waals surface area contributed by atoms with Gasteiger partial charge >= 0.3 is 5.97 Å². The van der Waals surface area contributed by atoms with Gasteiger partial charge in [-0.1, -0.05) is 17.8 Å². The molecule has 1 aromatic carbocycles. The van der Waals surface area contributed by atoms with Gasteiger partial charge in [-0.3, -0.25) is 10.1 Å². The average molecular weight is 290 g/mol. The second kappa shape index (κ2) is 5.70. The van der Waals surface area contributed by atoms with Crippen LogP contribution in [0, 0.1) is 17.0 Å². The molecule has 1 heterocycles. The molecule has 0 atom stereocenters. The Labute approximate surface area is 118 Å². The average Bonchev–Trinajstić information content (AvgIpc) is 2.41. The number of benzene rings is 1. The smallest absolute Gasteiger partial charge is 0.354 e. The minimum atomic E-state index is -1.11. The first kappa shape index (κ1) is 14.0. The van der Waals surface area contributed by atoms with Crippen LogP contribution in [0.1, 0.15) is 16.1 Å². The minimum absolute atomic E-state index is 0.0440. The molecule has 0 spiro atoms. The topological polar surface area (TPSA) is 93.3 Å². The molecule has 0 aliphatic carbocycles. The summed E-state index contributed by atoms with van der Waals surface area (Å²) in [5.41, 5.74) is 0.539. The Morgan fingerprint density at radius 1 is 1.40 bits per heavy atom. The Balaban J connectivity index is 2.35. The van der Waals surface area contributed by atoms with Crippen LogP contribution in [0.5, 0.6) is 0 Å². The number of hydrogen-bond donors (Lipinski definition) is 1. The van der Waals surface area contributed by atoms with Crippen molar-refractivity contribution in [1.82, 2.24) is 4.98 Å². The molecule has 2 rings (SSSR count). The fraction of sp³-hybridized carbons (Fsp3) is 0.0769. The van der Waals surface area contributed by atoms with Crippen LogP contribution in [-0.2, 0) is 0 Å². The van der Waals surface area contributed by atoms with Gasteiger partial charge in [-0.25, -0.2) is 9.78 Å². The second-order valence-corrected chi connectivity index (χ2v) is 5.06. The molecule has 0 bridgehead atoms. The van der Waals surface area contributed by atoms with E-state index in [4.69, 9.17) is 5.11 Å². The summed E-state index contributed by atoms with van der Waals surface area (Å²) < 4.78 is 0. The first-order valence-electron chi connectivity index (χ1n) is 5.60. The normalized spacial score (nSPS) is 10.2. The van der Waals surface area contributed by atoms with Crippen LogP contribution in [0.4, 0.5) is 5.69 Å². The van der Waals surface area contributed by atoms with Crippen LogP contribution < -0.4 is 0 Å². The SMILES string of the molecule is Cc1c(Sc2ccnc(C(=O)O)c2)cccc1[N+](=O)[O-]. The Kier molecular flexibility index (Phi) is 3.99. The van der Waals surface area contributed by atoms with Crippen molar-refractivity contribution in [3.8, 4) is 0 Å². The number of aromatic carboxylic acids is 1. The zero-order valence-electron chi connectivity index (χ0n) is 10.4. The number of nitrogens with zero attached hydrogens (tertiary/aromatic N) is 2. The van der Waals surface area contributed by atoms with E-state index in [1.54, 1.807) is 25.1 Å². The molecule has 20 heavy (non-hydrogen) atoms. The van der Waals surface area contributed by atoms with Crippen LogP contribution in [0.3, 0.4) is 0 Å². The van der Waals surface area contributed by atoms with Crippen molar-refractivity contribution in [2.45, 2.75) is 16.7 Å². The summed E-state index contributed by atoms with van der Waals surface area (Å²) in [4.78, 5) is 26.4. The van der Waals surface area contributed by atoms with E-state index >= 15 is 0 Å². The molecule has 7 heteroatoms. The van der Waals surface area contributed by atoms with Crippen molar-refractivity contribution in [2.24, 2.45) is 0 Å². The number of nitro benzene ring substituents is 1. The Morgan fingerprint density at radius 2 is 2.15 bits per heavy atom. The van der Waals surface area contributed by atoms with E-state index in [1.165, 1.54) is 30.1 Å². The third kappa shape index (κ3) is 2.94. The van der Waals surface area contributed by atoms with Gasteiger partial charge in [0.1, 0.15) is 5.69 Å². The molecule has 0 aliphatic rings. The third-order valence-corrected chi connectivity index (χ3v) is 3.78. The molecular formula is C13H10N2O4S. The molecule has 6 nitrogen and oxygen atoms in total. The van der Waals surface area contributed by atoms with Crippen molar-refractivity contribution in [1.29, 1.82) is 0 Å². The Morgan fingerprint density at radius 3 is 2.80 bits per heavy atom. The highest BCUT2D eigenvalue weighted by atomic mass is 32.2. The number of nitro groups is 1. The molecule has 2 aromatic rings. The molecule has 1 aromatic heterocycles. The van der Waals surface area contributed by atoms with Gasteiger partial charge < -0.3 is 5.11 Å². The summed E-state index contributed by atoms with van der Waals surface area (Å²) in [7, 11) is 0. The number of aromatic nitrogens is 1. The zero-order chi connectivity index (χ0) is 14.7. The van der Waals surface area contributed by atoms with E-state index in [-0.39, 0.29) is 11.4 Å². The highest BCUT2D eigenvalue weighted by molar-refractivity contribution is 7.99. The van der Waals surface area contributed by atoms with Gasteiger partial charge in [-0.05, 0) is 25.1 Å². The van der Waals surface area contributed by atoms with Crippen LogP contribution >= 0.6 is 11.8 Å². The fourth-order valence-corrected chi connectivity index (χ4v) is 2.59. The molecule has 0 saturated heterocycles. The number of hydrogen-bond acceptors (Lipinski definition) is 5. The summed E-state index contributed by atoms with van der Waals surface area (Å²) >= 11 is 1.27. The van der Waals surface area contributed by atoms with Crippen molar-refractivity contribution < 1.29 is 14.8 Å². The minimum Gasteiger partial charge on any atom is -0.477 e. The van der Waals surface area contributed by atoms with Crippen LogP contribution in [0.2, 0.25) is 0 Å². The Hall–Kier alpha value is -2.41. The van der Waals surface area contributed by atoms with Gasteiger partial charge in [-0.15, -0.1) is 0 Å². The van der Waals surface area contributed by atoms with Gasteiger partial charge in [0.25, 0.3) is 5.69 Å². The third-order valence-electron chi connectivity index (χ3n) is 2.63. The summed E-state index contributed by atoms with van der Waals surface area (Å²) in [6.07, 6.45) is 1.40. The number of carboxylic acids is 1. The van der Waals surface area contributed by atoms with Crippen molar-refractivity contribution in [3.63, 3.8) is 0 Å². The van der Waals surface area contributed by atoms with E-state index in [0.29, 0.717) is 15.4 Å². The fourth-order valence-electron chi connectivity index (χ4n) is 1.63. The lowest BCUT2D eigenvalue weighted by atomic mass is 10.2. The predicted molar refractivity (Wildman–Crippen MR) is 73.2 cm³/mol. The molecule has 0 amide bonds. The number of rotatable bonds is 4. The first-order valence-corrected chi connectivity index (χ1v) is 6.42. The van der Waals surface area contributed by atoms with Gasteiger partial charge in [0.15, 0.2) is 0 Å². The lowest BCUT2D eigenvalue weighted by Crippen LogP contribution is -1.99. The predicted octanol–water partition coefficient (Wildman–Crippen LogP) is 3.15. The van der Waals surface area contributed by atoms with Crippen molar-refractivity contribution in [2.75, 3.05) is 0 Å². The Bertz CT molecular complexity index is 688. The van der Waals surface area contributed by atoms with E-state index in [2.05, 4.69) is 4.98 Å². The van der Waals surface area contributed by atoms with Crippen LogP contribution in [-0.4, -0.2) is 21.0 Å². The number of pyridine rings is 1. The van der Waals surface area contributed by atoms with E-state index in [9.17, 15) is 14.9 Å². The molecule has 0 fully saturated rings. The molecule has 1 N–H and O–H groups in total. The lowest BCUT2D eigenvalue weighted by Gasteiger charge is -2.06.